The van der Waals surface area contributed by atoms with Gasteiger partial charge in [0.1, 0.15) is 6.67 Å². The van der Waals surface area contributed by atoms with E-state index in [1.54, 1.807) is 0 Å². The largest absolute Gasteiger partial charge is 0.250 e. The molecule has 0 bridgehead atoms. The number of benzene rings is 1. The molecular formula is C9H10ClFS. The highest BCUT2D eigenvalue weighted by Crippen LogP contribution is 2.23. The first kappa shape index (κ1) is 9.87. The molecule has 1 atom stereocenters. The monoisotopic (exact) mass is 204 g/mol. The predicted octanol–water partition coefficient (Wildman–Crippen LogP) is 3.36. The van der Waals surface area contributed by atoms with E-state index in [0.29, 0.717) is 5.88 Å². The molecule has 1 rings (SSSR count). The van der Waals surface area contributed by atoms with E-state index in [9.17, 15) is 4.39 Å². The van der Waals surface area contributed by atoms with E-state index >= 15 is 0 Å². The summed E-state index contributed by atoms with van der Waals surface area (Å²) in [5.74, 6) is 0.357. The van der Waals surface area contributed by atoms with Gasteiger partial charge in [-0.05, 0) is 12.1 Å². The highest BCUT2D eigenvalue weighted by molar-refractivity contribution is 8.00. The lowest BCUT2D eigenvalue weighted by molar-refractivity contribution is 0.496. The van der Waals surface area contributed by atoms with Gasteiger partial charge in [0, 0.05) is 10.8 Å². The van der Waals surface area contributed by atoms with E-state index < -0.39 is 0 Å². The fraction of sp³-hybridized carbons (Fsp3) is 0.333. The molecule has 0 spiro atoms. The number of rotatable bonds is 4. The summed E-state index contributed by atoms with van der Waals surface area (Å²) < 4.78 is 12.2. The van der Waals surface area contributed by atoms with Gasteiger partial charge in [0.2, 0.25) is 0 Å². The third-order valence-electron chi connectivity index (χ3n) is 1.39. The first-order chi connectivity index (χ1) is 5.86. The van der Waals surface area contributed by atoms with Crippen LogP contribution in [0.15, 0.2) is 35.2 Å². The zero-order valence-electron chi connectivity index (χ0n) is 6.54. The summed E-state index contributed by atoms with van der Waals surface area (Å²) in [7, 11) is 0. The average Bonchev–Trinajstić information content (AvgIpc) is 2.16. The lowest BCUT2D eigenvalue weighted by atomic mass is 10.4. The maximum atomic E-state index is 12.2. The summed E-state index contributed by atoms with van der Waals surface area (Å²) in [6.45, 7) is -0.372. The van der Waals surface area contributed by atoms with E-state index in [-0.39, 0.29) is 11.9 Å². The Morgan fingerprint density at radius 3 is 2.50 bits per heavy atom. The lowest BCUT2D eigenvalue weighted by Gasteiger charge is -2.07. The first-order valence-corrected chi connectivity index (χ1v) is 5.12. The Balaban J connectivity index is 2.51. The van der Waals surface area contributed by atoms with Crippen LogP contribution in [0.3, 0.4) is 0 Å². The molecule has 0 aromatic heterocycles. The second-order valence-electron chi connectivity index (χ2n) is 2.36. The number of thioether (sulfide) groups is 1. The Kier molecular flexibility index (Phi) is 4.48. The number of halogens is 2. The van der Waals surface area contributed by atoms with E-state index in [1.807, 2.05) is 30.3 Å². The molecule has 3 heteroatoms. The fourth-order valence-electron chi connectivity index (χ4n) is 0.796. The van der Waals surface area contributed by atoms with Crippen molar-refractivity contribution in [3.63, 3.8) is 0 Å². The van der Waals surface area contributed by atoms with Crippen LogP contribution in [0.1, 0.15) is 0 Å². The molecule has 1 aromatic rings. The minimum absolute atomic E-state index is 0.117. The number of hydrogen-bond acceptors (Lipinski definition) is 1. The van der Waals surface area contributed by atoms with E-state index in [1.165, 1.54) is 11.8 Å². The summed E-state index contributed by atoms with van der Waals surface area (Å²) in [4.78, 5) is 1.07. The molecule has 0 nitrogen and oxygen atoms in total. The van der Waals surface area contributed by atoms with E-state index in [0.717, 1.165) is 4.90 Å². The van der Waals surface area contributed by atoms with Gasteiger partial charge in [0.15, 0.2) is 0 Å². The van der Waals surface area contributed by atoms with Crippen molar-refractivity contribution in [2.45, 2.75) is 10.1 Å². The van der Waals surface area contributed by atoms with Crippen molar-refractivity contribution in [2.24, 2.45) is 0 Å². The SMILES string of the molecule is FCC(CCl)Sc1ccccc1. The van der Waals surface area contributed by atoms with Crippen LogP contribution in [0.4, 0.5) is 4.39 Å². The van der Waals surface area contributed by atoms with Crippen LogP contribution in [0, 0.1) is 0 Å². The fourth-order valence-corrected chi connectivity index (χ4v) is 1.89. The van der Waals surface area contributed by atoms with Crippen LogP contribution in [0.5, 0.6) is 0 Å². The van der Waals surface area contributed by atoms with Crippen LogP contribution in [-0.4, -0.2) is 17.8 Å². The Hall–Kier alpha value is -0.210. The van der Waals surface area contributed by atoms with Gasteiger partial charge in [0.25, 0.3) is 0 Å². The average molecular weight is 205 g/mol. The van der Waals surface area contributed by atoms with Crippen molar-refractivity contribution in [1.29, 1.82) is 0 Å². The summed E-state index contributed by atoms with van der Waals surface area (Å²) in [5, 5.41) is -0.117. The van der Waals surface area contributed by atoms with Crippen molar-refractivity contribution in [3.8, 4) is 0 Å². The lowest BCUT2D eigenvalue weighted by Crippen LogP contribution is -2.06. The maximum Gasteiger partial charge on any atom is 0.103 e. The molecule has 0 amide bonds. The summed E-state index contributed by atoms with van der Waals surface area (Å²) in [5.41, 5.74) is 0. The van der Waals surface area contributed by atoms with Crippen molar-refractivity contribution in [3.05, 3.63) is 30.3 Å². The zero-order chi connectivity index (χ0) is 8.81. The standard InChI is InChI=1S/C9H10ClFS/c10-6-9(7-11)12-8-4-2-1-3-5-8/h1-5,9H,6-7H2. The summed E-state index contributed by atoms with van der Waals surface area (Å²) in [6.07, 6.45) is 0. The molecule has 0 aliphatic heterocycles. The van der Waals surface area contributed by atoms with Gasteiger partial charge < -0.3 is 0 Å². The molecule has 0 N–H and O–H groups in total. The van der Waals surface area contributed by atoms with Gasteiger partial charge in [-0.25, -0.2) is 4.39 Å². The smallest absolute Gasteiger partial charge is 0.103 e. The second kappa shape index (κ2) is 5.44. The van der Waals surface area contributed by atoms with Gasteiger partial charge in [-0.1, -0.05) is 18.2 Å². The molecule has 0 fully saturated rings. The van der Waals surface area contributed by atoms with Crippen LogP contribution in [0.25, 0.3) is 0 Å². The number of hydrogen-bond donors (Lipinski definition) is 0. The number of alkyl halides is 2. The molecule has 12 heavy (non-hydrogen) atoms. The molecule has 0 saturated carbocycles. The third-order valence-corrected chi connectivity index (χ3v) is 3.12. The van der Waals surface area contributed by atoms with Crippen LogP contribution in [-0.2, 0) is 0 Å². The Morgan fingerprint density at radius 1 is 1.33 bits per heavy atom. The molecule has 0 aliphatic carbocycles. The molecule has 1 unspecified atom stereocenters. The molecule has 0 saturated heterocycles. The summed E-state index contributed by atoms with van der Waals surface area (Å²) in [6, 6.07) is 9.73. The van der Waals surface area contributed by atoms with Crippen LogP contribution >= 0.6 is 23.4 Å². The normalized spacial score (nSPS) is 12.8. The van der Waals surface area contributed by atoms with Gasteiger partial charge >= 0.3 is 0 Å². The highest BCUT2D eigenvalue weighted by Gasteiger charge is 2.07. The predicted molar refractivity (Wildman–Crippen MR) is 52.8 cm³/mol. The Bertz CT molecular complexity index is 211. The zero-order valence-corrected chi connectivity index (χ0v) is 8.11. The highest BCUT2D eigenvalue weighted by atomic mass is 35.5. The summed E-state index contributed by atoms with van der Waals surface area (Å²) >= 11 is 7.04. The molecule has 0 aliphatic rings. The molecule has 1 aromatic carbocycles. The van der Waals surface area contributed by atoms with Gasteiger partial charge in [-0.2, -0.15) is 0 Å². The van der Waals surface area contributed by atoms with Crippen molar-refractivity contribution in [1.82, 2.24) is 0 Å². The van der Waals surface area contributed by atoms with Gasteiger partial charge in [-0.15, -0.1) is 23.4 Å². The molecule has 0 radical (unpaired) electrons. The Labute approximate surface area is 81.1 Å². The molecular weight excluding hydrogens is 195 g/mol. The van der Waals surface area contributed by atoms with Crippen molar-refractivity contribution >= 4 is 23.4 Å². The van der Waals surface area contributed by atoms with Crippen molar-refractivity contribution in [2.75, 3.05) is 12.6 Å². The minimum Gasteiger partial charge on any atom is -0.250 e. The maximum absolute atomic E-state index is 12.2. The first-order valence-electron chi connectivity index (χ1n) is 3.70. The second-order valence-corrected chi connectivity index (χ2v) is 4.04. The minimum atomic E-state index is -0.372. The topological polar surface area (TPSA) is 0 Å². The van der Waals surface area contributed by atoms with Gasteiger partial charge in [-0.3, -0.25) is 0 Å². The van der Waals surface area contributed by atoms with Crippen LogP contribution in [0.2, 0.25) is 0 Å². The van der Waals surface area contributed by atoms with E-state index in [4.69, 9.17) is 11.6 Å². The van der Waals surface area contributed by atoms with Gasteiger partial charge in [0.05, 0.1) is 5.25 Å². The van der Waals surface area contributed by atoms with E-state index in [2.05, 4.69) is 0 Å². The quantitative estimate of drug-likeness (QED) is 0.536. The molecule has 0 heterocycles. The molecule has 66 valence electrons. The van der Waals surface area contributed by atoms with Crippen LogP contribution < -0.4 is 0 Å². The third kappa shape index (κ3) is 3.03. The Morgan fingerprint density at radius 2 is 2.00 bits per heavy atom. The van der Waals surface area contributed by atoms with Crippen molar-refractivity contribution < 1.29 is 4.39 Å².